The number of rotatable bonds is 10. The zero-order valence-corrected chi connectivity index (χ0v) is 16.4. The van der Waals surface area contributed by atoms with Crippen molar-refractivity contribution in [1.29, 1.82) is 0 Å². The molecule has 0 heterocycles. The van der Waals surface area contributed by atoms with Crippen LogP contribution in [-0.2, 0) is 16.4 Å². The Kier molecular flexibility index (Phi) is 7.33. The zero-order chi connectivity index (χ0) is 19.0. The van der Waals surface area contributed by atoms with Crippen LogP contribution in [0, 0.1) is 0 Å². The Labute approximate surface area is 156 Å². The number of unbranched alkanes of at least 4 members (excludes halogenated alkanes) is 1. The Morgan fingerprint density at radius 1 is 0.885 bits per heavy atom. The van der Waals surface area contributed by atoms with Gasteiger partial charge in [0.25, 0.3) is 10.0 Å². The van der Waals surface area contributed by atoms with E-state index in [2.05, 4.69) is 11.6 Å². The Bertz CT molecular complexity index is 801. The lowest BCUT2D eigenvalue weighted by Gasteiger charge is -2.13. The highest BCUT2D eigenvalue weighted by Gasteiger charge is 2.17. The Hall–Kier alpha value is -2.21. The zero-order valence-electron chi connectivity index (χ0n) is 15.6. The van der Waals surface area contributed by atoms with Gasteiger partial charge in [-0.05, 0) is 56.5 Å². The van der Waals surface area contributed by atoms with Gasteiger partial charge in [0, 0.05) is 11.8 Å². The van der Waals surface area contributed by atoms with Gasteiger partial charge in [-0.3, -0.25) is 4.72 Å². The molecule has 0 bridgehead atoms. The first-order valence-corrected chi connectivity index (χ1v) is 10.5. The maximum Gasteiger partial charge on any atom is 0.262 e. The molecule has 0 aliphatic heterocycles. The molecule has 0 radical (unpaired) electrons. The highest BCUT2D eigenvalue weighted by Crippen LogP contribution is 2.31. The van der Waals surface area contributed by atoms with Crippen molar-refractivity contribution < 1.29 is 17.9 Å². The molecule has 0 spiro atoms. The molecule has 26 heavy (non-hydrogen) atoms. The molecule has 2 aromatic rings. The number of hydrogen-bond acceptors (Lipinski definition) is 4. The number of ether oxygens (including phenoxy) is 2. The van der Waals surface area contributed by atoms with Crippen LogP contribution in [0.3, 0.4) is 0 Å². The molecule has 0 unspecified atom stereocenters. The van der Waals surface area contributed by atoms with Crippen molar-refractivity contribution in [3.05, 3.63) is 48.0 Å². The van der Waals surface area contributed by atoms with E-state index in [1.807, 2.05) is 26.0 Å². The molecule has 2 rings (SSSR count). The summed E-state index contributed by atoms with van der Waals surface area (Å²) < 4.78 is 39.0. The lowest BCUT2D eigenvalue weighted by Crippen LogP contribution is -2.13. The molecule has 5 nitrogen and oxygen atoms in total. The predicted octanol–water partition coefficient (Wildman–Crippen LogP) is 4.63. The molecule has 0 fully saturated rings. The van der Waals surface area contributed by atoms with Crippen LogP contribution < -0.4 is 14.2 Å². The average Bonchev–Trinajstić information content (AvgIpc) is 2.62. The van der Waals surface area contributed by atoms with E-state index >= 15 is 0 Å². The van der Waals surface area contributed by atoms with Crippen molar-refractivity contribution in [2.45, 2.75) is 44.9 Å². The molecule has 0 saturated carbocycles. The quantitative estimate of drug-likeness (QED) is 0.656. The monoisotopic (exact) mass is 377 g/mol. The lowest BCUT2D eigenvalue weighted by atomic mass is 10.1. The number of nitrogens with one attached hydrogen (secondary N) is 1. The van der Waals surface area contributed by atoms with Crippen LogP contribution in [0.4, 0.5) is 5.69 Å². The predicted molar refractivity (Wildman–Crippen MR) is 105 cm³/mol. The molecule has 1 N–H and O–H groups in total. The first-order valence-electron chi connectivity index (χ1n) is 9.01. The van der Waals surface area contributed by atoms with Crippen LogP contribution in [0.15, 0.2) is 47.4 Å². The van der Waals surface area contributed by atoms with Crippen LogP contribution in [0.2, 0.25) is 0 Å². The van der Waals surface area contributed by atoms with E-state index in [0.29, 0.717) is 30.4 Å². The van der Waals surface area contributed by atoms with E-state index < -0.39 is 10.0 Å². The molecule has 2 aromatic carbocycles. The van der Waals surface area contributed by atoms with Crippen molar-refractivity contribution in [2.75, 3.05) is 17.9 Å². The number of hydrogen-bond donors (Lipinski definition) is 1. The van der Waals surface area contributed by atoms with Gasteiger partial charge in [-0.15, -0.1) is 0 Å². The topological polar surface area (TPSA) is 64.6 Å². The molecule has 0 aliphatic rings. The summed E-state index contributed by atoms with van der Waals surface area (Å²) in [6, 6.07) is 12.1. The standard InChI is InChI=1S/C20H27NO4S/c1-4-7-8-16-9-11-17(12-10-16)21-26(22,23)18-13-14-19(24-5-2)20(15-18)25-6-3/h9-15,21H,4-8H2,1-3H3. The van der Waals surface area contributed by atoms with Crippen molar-refractivity contribution in [3.8, 4) is 11.5 Å². The molecule has 0 aliphatic carbocycles. The first-order chi connectivity index (χ1) is 12.5. The molecular weight excluding hydrogens is 350 g/mol. The molecular formula is C20H27NO4S. The third-order valence-electron chi connectivity index (χ3n) is 3.85. The minimum absolute atomic E-state index is 0.138. The molecule has 0 saturated heterocycles. The van der Waals surface area contributed by atoms with Gasteiger partial charge in [-0.25, -0.2) is 8.42 Å². The normalized spacial score (nSPS) is 11.2. The van der Waals surface area contributed by atoms with E-state index in [1.54, 1.807) is 18.2 Å². The van der Waals surface area contributed by atoms with Gasteiger partial charge in [-0.1, -0.05) is 25.5 Å². The van der Waals surface area contributed by atoms with Crippen LogP contribution in [0.1, 0.15) is 39.2 Å². The second-order valence-electron chi connectivity index (χ2n) is 5.88. The minimum Gasteiger partial charge on any atom is -0.490 e. The summed E-state index contributed by atoms with van der Waals surface area (Å²) in [6.45, 7) is 6.77. The first kappa shape index (κ1) is 20.1. The number of sulfonamides is 1. The largest absolute Gasteiger partial charge is 0.490 e. The maximum atomic E-state index is 12.7. The summed E-state index contributed by atoms with van der Waals surface area (Å²) in [5, 5.41) is 0. The van der Waals surface area contributed by atoms with E-state index in [9.17, 15) is 8.42 Å². The van der Waals surface area contributed by atoms with E-state index in [4.69, 9.17) is 9.47 Å². The molecule has 6 heteroatoms. The molecule has 0 atom stereocenters. The minimum atomic E-state index is -3.70. The number of anilines is 1. The van der Waals surface area contributed by atoms with Crippen molar-refractivity contribution in [2.24, 2.45) is 0 Å². The van der Waals surface area contributed by atoms with Gasteiger partial charge in [-0.2, -0.15) is 0 Å². The summed E-state index contributed by atoms with van der Waals surface area (Å²) >= 11 is 0. The Morgan fingerprint density at radius 2 is 1.54 bits per heavy atom. The van der Waals surface area contributed by atoms with E-state index in [0.717, 1.165) is 19.3 Å². The third kappa shape index (κ3) is 5.39. The summed E-state index contributed by atoms with van der Waals surface area (Å²) in [7, 11) is -3.70. The average molecular weight is 378 g/mol. The van der Waals surface area contributed by atoms with Gasteiger partial charge in [0.2, 0.25) is 0 Å². The Morgan fingerprint density at radius 3 is 2.15 bits per heavy atom. The highest BCUT2D eigenvalue weighted by atomic mass is 32.2. The highest BCUT2D eigenvalue weighted by molar-refractivity contribution is 7.92. The van der Waals surface area contributed by atoms with Crippen LogP contribution >= 0.6 is 0 Å². The van der Waals surface area contributed by atoms with Gasteiger partial charge in [0.1, 0.15) is 0 Å². The number of aryl methyl sites for hydroxylation is 1. The van der Waals surface area contributed by atoms with Crippen molar-refractivity contribution in [1.82, 2.24) is 0 Å². The third-order valence-corrected chi connectivity index (χ3v) is 5.23. The lowest BCUT2D eigenvalue weighted by molar-refractivity contribution is 0.287. The Balaban J connectivity index is 2.19. The molecule has 0 amide bonds. The van der Waals surface area contributed by atoms with Crippen LogP contribution in [-0.4, -0.2) is 21.6 Å². The molecule has 0 aromatic heterocycles. The fourth-order valence-corrected chi connectivity index (χ4v) is 3.61. The van der Waals surface area contributed by atoms with Crippen molar-refractivity contribution in [3.63, 3.8) is 0 Å². The maximum absolute atomic E-state index is 12.7. The second-order valence-corrected chi connectivity index (χ2v) is 7.56. The SMILES string of the molecule is CCCCc1ccc(NS(=O)(=O)c2ccc(OCC)c(OCC)c2)cc1. The molecule has 142 valence electrons. The summed E-state index contributed by atoms with van der Waals surface area (Å²) in [6.07, 6.45) is 3.26. The van der Waals surface area contributed by atoms with Crippen LogP contribution in [0.5, 0.6) is 11.5 Å². The number of benzene rings is 2. The van der Waals surface area contributed by atoms with Gasteiger partial charge in [0.15, 0.2) is 11.5 Å². The summed E-state index contributed by atoms with van der Waals surface area (Å²) in [5.74, 6) is 0.959. The van der Waals surface area contributed by atoms with Gasteiger partial charge < -0.3 is 9.47 Å². The van der Waals surface area contributed by atoms with E-state index in [1.165, 1.54) is 17.7 Å². The van der Waals surface area contributed by atoms with E-state index in [-0.39, 0.29) is 4.90 Å². The smallest absolute Gasteiger partial charge is 0.262 e. The summed E-state index contributed by atoms with van der Waals surface area (Å²) in [5.41, 5.74) is 1.74. The second kappa shape index (κ2) is 9.48. The fraction of sp³-hybridized carbons (Fsp3) is 0.400. The van der Waals surface area contributed by atoms with Gasteiger partial charge in [0.05, 0.1) is 18.1 Å². The fourth-order valence-electron chi connectivity index (χ4n) is 2.53. The van der Waals surface area contributed by atoms with Gasteiger partial charge >= 0.3 is 0 Å². The van der Waals surface area contributed by atoms with Crippen LogP contribution in [0.25, 0.3) is 0 Å². The summed E-state index contributed by atoms with van der Waals surface area (Å²) in [4.78, 5) is 0.138. The van der Waals surface area contributed by atoms with Crippen molar-refractivity contribution >= 4 is 15.7 Å².